The number of anilines is 1. The summed E-state index contributed by atoms with van der Waals surface area (Å²) in [5.74, 6) is 1.64. The molecule has 0 saturated heterocycles. The maximum absolute atomic E-state index is 13.2. The van der Waals surface area contributed by atoms with Gasteiger partial charge in [0.25, 0.3) is 0 Å². The van der Waals surface area contributed by atoms with E-state index in [0.717, 1.165) is 17.9 Å². The summed E-state index contributed by atoms with van der Waals surface area (Å²) in [7, 11) is 1.36. The SMILES string of the molecule is COC(=O)[C@H](Cc1ccc(OCCN(CC2CC2)C(=O)CC2CCCCC2)cc1)Nc1ccccc1C(=O)c1ccccc1. The number of carbonyl (C=O) groups is 3. The molecule has 5 rings (SSSR count). The smallest absolute Gasteiger partial charge is 0.328 e. The highest BCUT2D eigenvalue weighted by atomic mass is 16.5. The Labute approximate surface area is 260 Å². The van der Waals surface area contributed by atoms with Gasteiger partial charge in [-0.05, 0) is 67.3 Å². The van der Waals surface area contributed by atoms with Gasteiger partial charge in [0, 0.05) is 36.2 Å². The van der Waals surface area contributed by atoms with Crippen LogP contribution in [-0.2, 0) is 20.7 Å². The van der Waals surface area contributed by atoms with Crippen molar-refractivity contribution in [2.75, 3.05) is 32.1 Å². The minimum absolute atomic E-state index is 0.120. The average Bonchev–Trinajstić information content (AvgIpc) is 3.89. The maximum Gasteiger partial charge on any atom is 0.328 e. The van der Waals surface area contributed by atoms with E-state index in [1.807, 2.05) is 59.5 Å². The van der Waals surface area contributed by atoms with Crippen LogP contribution in [0.15, 0.2) is 78.9 Å². The van der Waals surface area contributed by atoms with Crippen LogP contribution in [-0.4, -0.2) is 55.4 Å². The van der Waals surface area contributed by atoms with E-state index in [0.29, 0.717) is 54.6 Å². The zero-order chi connectivity index (χ0) is 30.7. The second kappa shape index (κ2) is 15.6. The molecule has 1 N–H and O–H groups in total. The summed E-state index contributed by atoms with van der Waals surface area (Å²) in [6.07, 6.45) is 9.61. The van der Waals surface area contributed by atoms with E-state index in [2.05, 4.69) is 5.32 Å². The summed E-state index contributed by atoms with van der Waals surface area (Å²) >= 11 is 0. The van der Waals surface area contributed by atoms with E-state index in [-0.39, 0.29) is 11.7 Å². The second-order valence-electron chi connectivity index (χ2n) is 12.1. The highest BCUT2D eigenvalue weighted by Crippen LogP contribution is 2.31. The highest BCUT2D eigenvalue weighted by molar-refractivity contribution is 6.12. The number of hydrogen-bond acceptors (Lipinski definition) is 6. The van der Waals surface area contributed by atoms with Gasteiger partial charge in [-0.25, -0.2) is 4.79 Å². The number of rotatable bonds is 15. The summed E-state index contributed by atoms with van der Waals surface area (Å²) in [5.41, 5.74) is 2.57. The molecule has 1 atom stereocenters. The maximum atomic E-state index is 13.2. The van der Waals surface area contributed by atoms with Gasteiger partial charge >= 0.3 is 5.97 Å². The molecule has 232 valence electrons. The van der Waals surface area contributed by atoms with Gasteiger partial charge in [0.2, 0.25) is 5.91 Å². The molecule has 7 heteroatoms. The number of carbonyl (C=O) groups excluding carboxylic acids is 3. The standard InChI is InChI=1S/C37H44N2O5/c1-43-37(42)34(38-33-15-9-8-14-32(33)36(41)30-12-6-3-7-13-30)24-28-18-20-31(21-19-28)44-23-22-39(26-29-16-17-29)35(40)25-27-10-4-2-5-11-27/h3,6-9,12-15,18-21,27,29,34,38H,2,4-5,10-11,16-17,22-26H2,1H3/t34-/m0/s1. The third kappa shape index (κ3) is 8.94. The summed E-state index contributed by atoms with van der Waals surface area (Å²) in [6.45, 7) is 1.89. The third-order valence-corrected chi connectivity index (χ3v) is 8.73. The Morgan fingerprint density at radius 1 is 0.841 bits per heavy atom. The molecule has 0 heterocycles. The number of ether oxygens (including phenoxy) is 2. The van der Waals surface area contributed by atoms with Gasteiger partial charge in [0.15, 0.2) is 5.78 Å². The van der Waals surface area contributed by atoms with Gasteiger partial charge < -0.3 is 19.7 Å². The highest BCUT2D eigenvalue weighted by Gasteiger charge is 2.28. The minimum atomic E-state index is -0.692. The first-order valence-electron chi connectivity index (χ1n) is 16.0. The number of nitrogens with zero attached hydrogens (tertiary/aromatic N) is 1. The number of amides is 1. The van der Waals surface area contributed by atoms with Gasteiger partial charge in [-0.15, -0.1) is 0 Å². The number of benzene rings is 3. The lowest BCUT2D eigenvalue weighted by Crippen LogP contribution is -2.37. The number of hydrogen-bond donors (Lipinski definition) is 1. The van der Waals surface area contributed by atoms with Crippen LogP contribution in [0.2, 0.25) is 0 Å². The Balaban J connectivity index is 1.17. The van der Waals surface area contributed by atoms with Crippen LogP contribution in [0.4, 0.5) is 5.69 Å². The number of esters is 1. The summed E-state index contributed by atoms with van der Waals surface area (Å²) < 4.78 is 11.1. The predicted octanol–water partition coefficient (Wildman–Crippen LogP) is 6.70. The summed E-state index contributed by atoms with van der Waals surface area (Å²) in [5, 5.41) is 3.25. The van der Waals surface area contributed by atoms with Crippen molar-refractivity contribution < 1.29 is 23.9 Å². The first-order chi connectivity index (χ1) is 21.5. The third-order valence-electron chi connectivity index (χ3n) is 8.73. The van der Waals surface area contributed by atoms with E-state index < -0.39 is 12.0 Å². The minimum Gasteiger partial charge on any atom is -0.492 e. The van der Waals surface area contributed by atoms with Crippen LogP contribution in [0, 0.1) is 11.8 Å². The Morgan fingerprint density at radius 3 is 2.25 bits per heavy atom. The molecule has 7 nitrogen and oxygen atoms in total. The van der Waals surface area contributed by atoms with Crippen LogP contribution in [0.25, 0.3) is 0 Å². The van der Waals surface area contributed by atoms with Crippen molar-refractivity contribution in [1.29, 1.82) is 0 Å². The van der Waals surface area contributed by atoms with Gasteiger partial charge in [0.1, 0.15) is 18.4 Å². The monoisotopic (exact) mass is 596 g/mol. The number of para-hydroxylation sites is 1. The molecular weight excluding hydrogens is 552 g/mol. The average molecular weight is 597 g/mol. The Bertz CT molecular complexity index is 1380. The molecule has 44 heavy (non-hydrogen) atoms. The molecule has 0 radical (unpaired) electrons. The van der Waals surface area contributed by atoms with Crippen LogP contribution in [0.3, 0.4) is 0 Å². The molecule has 0 bridgehead atoms. The van der Waals surface area contributed by atoms with Crippen molar-refractivity contribution in [2.24, 2.45) is 11.8 Å². The van der Waals surface area contributed by atoms with E-state index >= 15 is 0 Å². The normalized spacial score (nSPS) is 15.7. The van der Waals surface area contributed by atoms with Crippen molar-refractivity contribution in [3.8, 4) is 5.75 Å². The van der Waals surface area contributed by atoms with E-state index in [1.54, 1.807) is 24.3 Å². The van der Waals surface area contributed by atoms with E-state index in [1.165, 1.54) is 52.1 Å². The molecule has 3 aromatic rings. The molecule has 3 aromatic carbocycles. The second-order valence-corrected chi connectivity index (χ2v) is 12.1. The summed E-state index contributed by atoms with van der Waals surface area (Å²) in [6, 6.07) is 23.3. The van der Waals surface area contributed by atoms with Gasteiger partial charge in [-0.3, -0.25) is 9.59 Å². The zero-order valence-corrected chi connectivity index (χ0v) is 25.7. The molecule has 2 aliphatic carbocycles. The molecule has 0 spiro atoms. The van der Waals surface area contributed by atoms with Gasteiger partial charge in [-0.1, -0.05) is 73.9 Å². The molecule has 0 aromatic heterocycles. The quantitative estimate of drug-likeness (QED) is 0.155. The fourth-order valence-corrected chi connectivity index (χ4v) is 6.00. The first-order valence-corrected chi connectivity index (χ1v) is 16.0. The summed E-state index contributed by atoms with van der Waals surface area (Å²) in [4.78, 5) is 41.1. The van der Waals surface area contributed by atoms with Gasteiger partial charge in [-0.2, -0.15) is 0 Å². The number of ketones is 1. The van der Waals surface area contributed by atoms with Crippen LogP contribution >= 0.6 is 0 Å². The lowest BCUT2D eigenvalue weighted by molar-refractivity contribution is -0.141. The Kier molecular flexibility index (Phi) is 11.1. The van der Waals surface area contributed by atoms with E-state index in [4.69, 9.17) is 9.47 Å². The predicted molar refractivity (Wildman–Crippen MR) is 172 cm³/mol. The van der Waals surface area contributed by atoms with Gasteiger partial charge in [0.05, 0.1) is 13.7 Å². The van der Waals surface area contributed by atoms with Crippen LogP contribution in [0.5, 0.6) is 5.75 Å². The Morgan fingerprint density at radius 2 is 1.55 bits per heavy atom. The van der Waals surface area contributed by atoms with Crippen LogP contribution in [0.1, 0.15) is 72.9 Å². The molecule has 2 fully saturated rings. The topological polar surface area (TPSA) is 84.9 Å². The zero-order valence-electron chi connectivity index (χ0n) is 25.7. The first kappa shape index (κ1) is 31.3. The van der Waals surface area contributed by atoms with E-state index in [9.17, 15) is 14.4 Å². The number of methoxy groups -OCH3 is 1. The fourth-order valence-electron chi connectivity index (χ4n) is 6.00. The molecular formula is C37H44N2O5. The van der Waals surface area contributed by atoms with Crippen molar-refractivity contribution in [2.45, 2.75) is 63.8 Å². The molecule has 1 amide bonds. The lowest BCUT2D eigenvalue weighted by Gasteiger charge is -2.27. The van der Waals surface area contributed by atoms with Crippen molar-refractivity contribution >= 4 is 23.3 Å². The molecule has 0 aliphatic heterocycles. The molecule has 0 unspecified atom stereocenters. The largest absolute Gasteiger partial charge is 0.492 e. The Hall–Kier alpha value is -4.13. The molecule has 2 aliphatic rings. The fraction of sp³-hybridized carbons (Fsp3) is 0.432. The molecule has 2 saturated carbocycles. The van der Waals surface area contributed by atoms with Crippen LogP contribution < -0.4 is 10.1 Å². The van der Waals surface area contributed by atoms with Crippen molar-refractivity contribution in [1.82, 2.24) is 4.90 Å². The lowest BCUT2D eigenvalue weighted by atomic mass is 9.86. The van der Waals surface area contributed by atoms with Crippen molar-refractivity contribution in [3.05, 3.63) is 95.6 Å². The van der Waals surface area contributed by atoms with Crippen molar-refractivity contribution in [3.63, 3.8) is 0 Å². The number of nitrogens with one attached hydrogen (secondary N) is 1.